The van der Waals surface area contributed by atoms with E-state index in [1.807, 2.05) is 0 Å². The fourth-order valence-corrected chi connectivity index (χ4v) is 2.78. The average molecular weight is 199 g/mol. The fourth-order valence-electron chi connectivity index (χ4n) is 2.78. The van der Waals surface area contributed by atoms with Crippen molar-refractivity contribution in [1.82, 2.24) is 0 Å². The molecule has 0 bridgehead atoms. The first-order valence-corrected chi connectivity index (χ1v) is 5.65. The van der Waals surface area contributed by atoms with Gasteiger partial charge in [-0.1, -0.05) is 0 Å². The van der Waals surface area contributed by atoms with Crippen LogP contribution in [0.15, 0.2) is 0 Å². The van der Waals surface area contributed by atoms with Gasteiger partial charge < -0.3 is 15.2 Å². The minimum Gasteiger partial charge on any atom is -0.382 e. The Labute approximate surface area is 85.9 Å². The van der Waals surface area contributed by atoms with Crippen LogP contribution in [-0.4, -0.2) is 32.5 Å². The maximum atomic E-state index is 5.98. The number of nitrogens with two attached hydrogens (primary N) is 1. The molecule has 0 amide bonds. The molecule has 0 aromatic rings. The van der Waals surface area contributed by atoms with E-state index in [2.05, 4.69) is 0 Å². The first-order valence-electron chi connectivity index (χ1n) is 5.65. The molecule has 0 aromatic heterocycles. The molecule has 0 radical (unpaired) electrons. The van der Waals surface area contributed by atoms with E-state index in [4.69, 9.17) is 15.2 Å². The van der Waals surface area contributed by atoms with Gasteiger partial charge in [0.25, 0.3) is 0 Å². The minimum absolute atomic E-state index is 0.0109. The minimum atomic E-state index is 0.0109. The lowest BCUT2D eigenvalue weighted by molar-refractivity contribution is -0.131. The molecule has 14 heavy (non-hydrogen) atoms. The molecule has 3 nitrogen and oxygen atoms in total. The summed E-state index contributed by atoms with van der Waals surface area (Å²) in [5, 5.41) is 0. The molecule has 1 unspecified atom stereocenters. The highest BCUT2D eigenvalue weighted by atomic mass is 16.5. The Morgan fingerprint density at radius 3 is 2.86 bits per heavy atom. The topological polar surface area (TPSA) is 44.5 Å². The Kier molecular flexibility index (Phi) is 3.10. The van der Waals surface area contributed by atoms with E-state index in [1.54, 1.807) is 7.11 Å². The molecule has 0 aromatic carbocycles. The molecule has 0 spiro atoms. The fraction of sp³-hybridized carbons (Fsp3) is 1.00. The van der Waals surface area contributed by atoms with Gasteiger partial charge in [-0.2, -0.15) is 0 Å². The lowest BCUT2D eigenvalue weighted by Gasteiger charge is -2.37. The van der Waals surface area contributed by atoms with Gasteiger partial charge in [0.05, 0.1) is 12.2 Å². The molecular formula is C11H21NO2. The van der Waals surface area contributed by atoms with Crippen molar-refractivity contribution in [1.29, 1.82) is 0 Å². The zero-order valence-corrected chi connectivity index (χ0v) is 9.00. The summed E-state index contributed by atoms with van der Waals surface area (Å²) in [5.41, 5.74) is 5.70. The Bertz CT molecular complexity index is 184. The van der Waals surface area contributed by atoms with E-state index < -0.39 is 0 Å². The van der Waals surface area contributed by atoms with E-state index in [0.717, 1.165) is 26.2 Å². The monoisotopic (exact) mass is 199 g/mol. The van der Waals surface area contributed by atoms with Crippen LogP contribution in [0.3, 0.4) is 0 Å². The SMILES string of the molecule is COCC1([C@@H]2C[C@H]2CN)CCCCO1. The van der Waals surface area contributed by atoms with E-state index >= 15 is 0 Å². The first-order chi connectivity index (χ1) is 6.82. The molecule has 2 rings (SSSR count). The molecular weight excluding hydrogens is 178 g/mol. The van der Waals surface area contributed by atoms with E-state index in [-0.39, 0.29) is 5.60 Å². The summed E-state index contributed by atoms with van der Waals surface area (Å²) in [7, 11) is 1.76. The van der Waals surface area contributed by atoms with E-state index in [1.165, 1.54) is 19.3 Å². The van der Waals surface area contributed by atoms with Gasteiger partial charge in [0.1, 0.15) is 0 Å². The number of ether oxygens (including phenoxy) is 2. The van der Waals surface area contributed by atoms with Gasteiger partial charge in [-0.15, -0.1) is 0 Å². The lowest BCUT2D eigenvalue weighted by atomic mass is 9.88. The van der Waals surface area contributed by atoms with Crippen LogP contribution in [0.4, 0.5) is 0 Å². The van der Waals surface area contributed by atoms with E-state index in [9.17, 15) is 0 Å². The largest absolute Gasteiger partial charge is 0.382 e. The van der Waals surface area contributed by atoms with Crippen molar-refractivity contribution in [2.24, 2.45) is 17.6 Å². The second-order valence-corrected chi connectivity index (χ2v) is 4.64. The van der Waals surface area contributed by atoms with Crippen LogP contribution in [0.2, 0.25) is 0 Å². The molecule has 2 N–H and O–H groups in total. The summed E-state index contributed by atoms with van der Waals surface area (Å²) in [4.78, 5) is 0. The third-order valence-corrected chi connectivity index (χ3v) is 3.67. The maximum absolute atomic E-state index is 5.98. The van der Waals surface area contributed by atoms with Crippen molar-refractivity contribution in [2.45, 2.75) is 31.3 Å². The number of methoxy groups -OCH3 is 1. The van der Waals surface area contributed by atoms with Crippen LogP contribution in [0.1, 0.15) is 25.7 Å². The van der Waals surface area contributed by atoms with Gasteiger partial charge in [0.2, 0.25) is 0 Å². The molecule has 3 atom stereocenters. The zero-order valence-electron chi connectivity index (χ0n) is 9.00. The Morgan fingerprint density at radius 2 is 2.36 bits per heavy atom. The smallest absolute Gasteiger partial charge is 0.0945 e. The Morgan fingerprint density at radius 1 is 1.50 bits per heavy atom. The first kappa shape index (κ1) is 10.4. The summed E-state index contributed by atoms with van der Waals surface area (Å²) in [6.45, 7) is 2.45. The molecule has 1 aliphatic heterocycles. The van der Waals surface area contributed by atoms with Gasteiger partial charge in [-0.25, -0.2) is 0 Å². The molecule has 1 saturated carbocycles. The standard InChI is InChI=1S/C11H21NO2/c1-13-8-11(4-2-3-5-14-11)10-6-9(10)7-12/h9-10H,2-8,12H2,1H3/t9-,10+,11?/m0/s1. The molecule has 3 heteroatoms. The van der Waals surface area contributed by atoms with Crippen molar-refractivity contribution in [2.75, 3.05) is 26.9 Å². The van der Waals surface area contributed by atoms with Crippen molar-refractivity contribution in [3.8, 4) is 0 Å². The van der Waals surface area contributed by atoms with Crippen LogP contribution in [-0.2, 0) is 9.47 Å². The maximum Gasteiger partial charge on any atom is 0.0945 e. The number of hydrogen-bond acceptors (Lipinski definition) is 3. The molecule has 82 valence electrons. The quantitative estimate of drug-likeness (QED) is 0.739. The van der Waals surface area contributed by atoms with Gasteiger partial charge in [0.15, 0.2) is 0 Å². The predicted molar refractivity (Wildman–Crippen MR) is 55.1 cm³/mol. The van der Waals surface area contributed by atoms with Crippen LogP contribution < -0.4 is 5.73 Å². The third-order valence-electron chi connectivity index (χ3n) is 3.67. The lowest BCUT2D eigenvalue weighted by Crippen LogP contribution is -2.43. The van der Waals surface area contributed by atoms with Gasteiger partial charge in [0, 0.05) is 13.7 Å². The second-order valence-electron chi connectivity index (χ2n) is 4.64. The van der Waals surface area contributed by atoms with Crippen LogP contribution in [0, 0.1) is 11.8 Å². The second kappa shape index (κ2) is 4.17. The molecule has 2 fully saturated rings. The third kappa shape index (κ3) is 1.81. The van der Waals surface area contributed by atoms with Crippen LogP contribution >= 0.6 is 0 Å². The molecule has 1 aliphatic carbocycles. The van der Waals surface area contributed by atoms with Crippen molar-refractivity contribution >= 4 is 0 Å². The van der Waals surface area contributed by atoms with Gasteiger partial charge in [-0.05, 0) is 44.1 Å². The average Bonchev–Trinajstić information content (AvgIpc) is 2.99. The van der Waals surface area contributed by atoms with Crippen molar-refractivity contribution in [3.63, 3.8) is 0 Å². The summed E-state index contributed by atoms with van der Waals surface area (Å²) < 4.78 is 11.3. The van der Waals surface area contributed by atoms with Crippen LogP contribution in [0.25, 0.3) is 0 Å². The number of rotatable bonds is 4. The highest BCUT2D eigenvalue weighted by Gasteiger charge is 2.53. The zero-order chi connectivity index (χ0) is 10.0. The van der Waals surface area contributed by atoms with E-state index in [0.29, 0.717) is 11.8 Å². The number of hydrogen-bond donors (Lipinski definition) is 1. The normalized spacial score (nSPS) is 42.4. The highest BCUT2D eigenvalue weighted by molar-refractivity contribution is 5.03. The summed E-state index contributed by atoms with van der Waals surface area (Å²) in [6.07, 6.45) is 4.87. The highest BCUT2D eigenvalue weighted by Crippen LogP contribution is 2.50. The summed E-state index contributed by atoms with van der Waals surface area (Å²) >= 11 is 0. The van der Waals surface area contributed by atoms with Crippen molar-refractivity contribution < 1.29 is 9.47 Å². The molecule has 2 aliphatic rings. The van der Waals surface area contributed by atoms with Crippen molar-refractivity contribution in [3.05, 3.63) is 0 Å². The van der Waals surface area contributed by atoms with Crippen LogP contribution in [0.5, 0.6) is 0 Å². The Hall–Kier alpha value is -0.120. The predicted octanol–water partition coefficient (Wildman–Crippen LogP) is 1.17. The Balaban J connectivity index is 1.98. The summed E-state index contributed by atoms with van der Waals surface area (Å²) in [6, 6.07) is 0. The molecule has 1 saturated heterocycles. The summed E-state index contributed by atoms with van der Waals surface area (Å²) in [5.74, 6) is 1.34. The molecule has 1 heterocycles. The van der Waals surface area contributed by atoms with Gasteiger partial charge >= 0.3 is 0 Å². The van der Waals surface area contributed by atoms with Gasteiger partial charge in [-0.3, -0.25) is 0 Å².